The molecular weight excluding hydrogens is 295 g/mol. The topological polar surface area (TPSA) is 60.4 Å². The summed E-state index contributed by atoms with van der Waals surface area (Å²) in [6.07, 6.45) is 4.42. The Kier molecular flexibility index (Phi) is 6.33. The van der Waals surface area contributed by atoms with Gasteiger partial charge in [0.2, 0.25) is 0 Å². The van der Waals surface area contributed by atoms with Gasteiger partial charge in [0.15, 0.2) is 9.84 Å². The maximum absolute atomic E-state index is 13.1. The number of hydrogen-bond donors (Lipinski definition) is 0. The summed E-state index contributed by atoms with van der Waals surface area (Å²) in [5, 5.41) is 0. The Bertz CT molecular complexity index is 608. The fourth-order valence-corrected chi connectivity index (χ4v) is 3.16. The van der Waals surface area contributed by atoms with Crippen LogP contribution in [-0.4, -0.2) is 27.8 Å². The van der Waals surface area contributed by atoms with Crippen LogP contribution in [-0.2, 0) is 27.7 Å². The summed E-state index contributed by atoms with van der Waals surface area (Å²) in [7, 11) is -2.31. The van der Waals surface area contributed by atoms with E-state index in [4.69, 9.17) is 0 Å². The van der Waals surface area contributed by atoms with Gasteiger partial charge in [-0.2, -0.15) is 0 Å². The number of methoxy groups -OCH3 is 1. The first-order chi connectivity index (χ1) is 9.85. The number of benzene rings is 1. The molecular formula is C15H21FO4S. The summed E-state index contributed by atoms with van der Waals surface area (Å²) in [5.74, 6) is -0.729. The number of esters is 1. The maximum Gasteiger partial charge on any atom is 0.338 e. The number of halogens is 1. The van der Waals surface area contributed by atoms with Gasteiger partial charge in [-0.1, -0.05) is 25.8 Å². The number of hydrogen-bond acceptors (Lipinski definition) is 4. The van der Waals surface area contributed by atoms with Crippen molar-refractivity contribution in [2.75, 3.05) is 13.4 Å². The molecule has 0 spiro atoms. The first-order valence-corrected chi connectivity index (χ1v) is 8.74. The standard InChI is InChI=1S/C15H21FO4S/c1-4-5-6-7-11-8-12(10-16)13(15(17)20-2)9-14(11)21(3,18)19/h8-9H,4-7,10H2,1-3H3. The second-order valence-electron chi connectivity index (χ2n) is 4.97. The first-order valence-electron chi connectivity index (χ1n) is 6.85. The fourth-order valence-electron chi connectivity index (χ4n) is 2.19. The monoisotopic (exact) mass is 316 g/mol. The molecule has 4 nitrogen and oxygen atoms in total. The van der Waals surface area contributed by atoms with E-state index in [1.807, 2.05) is 6.92 Å². The van der Waals surface area contributed by atoms with Crippen LogP contribution in [0.5, 0.6) is 0 Å². The predicted octanol–water partition coefficient (Wildman–Crippen LogP) is 3.08. The second-order valence-corrected chi connectivity index (χ2v) is 6.96. The van der Waals surface area contributed by atoms with Gasteiger partial charge in [-0.25, -0.2) is 17.6 Å². The van der Waals surface area contributed by atoms with Gasteiger partial charge in [-0.15, -0.1) is 0 Å². The molecule has 1 rings (SSSR count). The molecule has 1 aromatic rings. The van der Waals surface area contributed by atoms with E-state index in [1.165, 1.54) is 19.2 Å². The van der Waals surface area contributed by atoms with Crippen LogP contribution in [0, 0.1) is 0 Å². The summed E-state index contributed by atoms with van der Waals surface area (Å²) in [6.45, 7) is 1.21. The quantitative estimate of drug-likeness (QED) is 0.573. The van der Waals surface area contributed by atoms with E-state index in [-0.39, 0.29) is 16.0 Å². The molecule has 0 N–H and O–H groups in total. The van der Waals surface area contributed by atoms with Crippen LogP contribution >= 0.6 is 0 Å². The van der Waals surface area contributed by atoms with Gasteiger partial charge in [0.25, 0.3) is 0 Å². The number of carbonyl (C=O) groups excluding carboxylic acids is 1. The summed E-state index contributed by atoms with van der Waals surface area (Å²) < 4.78 is 41.5. The van der Waals surface area contributed by atoms with Gasteiger partial charge in [-0.3, -0.25) is 0 Å². The average Bonchev–Trinajstić information content (AvgIpc) is 2.44. The van der Waals surface area contributed by atoms with Crippen molar-refractivity contribution in [1.82, 2.24) is 0 Å². The largest absolute Gasteiger partial charge is 0.465 e. The lowest BCUT2D eigenvalue weighted by atomic mass is 10.0. The van der Waals surface area contributed by atoms with Crippen molar-refractivity contribution in [1.29, 1.82) is 0 Å². The average molecular weight is 316 g/mol. The molecule has 0 atom stereocenters. The third kappa shape index (κ3) is 4.52. The zero-order chi connectivity index (χ0) is 16.0. The van der Waals surface area contributed by atoms with Crippen molar-refractivity contribution in [3.8, 4) is 0 Å². The minimum Gasteiger partial charge on any atom is -0.465 e. The van der Waals surface area contributed by atoms with Crippen LogP contribution < -0.4 is 0 Å². The zero-order valence-electron chi connectivity index (χ0n) is 12.6. The Labute approximate surface area is 125 Å². The highest BCUT2D eigenvalue weighted by molar-refractivity contribution is 7.90. The molecule has 0 aliphatic carbocycles. The van der Waals surface area contributed by atoms with Gasteiger partial charge < -0.3 is 4.74 Å². The lowest BCUT2D eigenvalue weighted by Crippen LogP contribution is -2.11. The van der Waals surface area contributed by atoms with Crippen molar-refractivity contribution in [2.24, 2.45) is 0 Å². The predicted molar refractivity (Wildman–Crippen MR) is 78.9 cm³/mol. The number of ether oxygens (including phenoxy) is 1. The molecule has 0 unspecified atom stereocenters. The van der Waals surface area contributed by atoms with Gasteiger partial charge in [0.1, 0.15) is 6.67 Å². The zero-order valence-corrected chi connectivity index (χ0v) is 13.4. The molecule has 1 aromatic carbocycles. The first kappa shape index (κ1) is 17.6. The van der Waals surface area contributed by atoms with Crippen molar-refractivity contribution >= 4 is 15.8 Å². The molecule has 0 aliphatic heterocycles. The second kappa shape index (κ2) is 7.54. The Balaban J connectivity index is 3.38. The van der Waals surface area contributed by atoms with E-state index >= 15 is 0 Å². The van der Waals surface area contributed by atoms with Crippen LogP contribution in [0.2, 0.25) is 0 Å². The molecule has 0 aliphatic rings. The fraction of sp³-hybridized carbons (Fsp3) is 0.533. The van der Waals surface area contributed by atoms with E-state index in [9.17, 15) is 17.6 Å². The normalized spacial score (nSPS) is 11.4. The molecule has 0 bridgehead atoms. The molecule has 118 valence electrons. The van der Waals surface area contributed by atoms with Crippen LogP contribution in [0.25, 0.3) is 0 Å². The molecule has 0 aromatic heterocycles. The van der Waals surface area contributed by atoms with Crippen LogP contribution in [0.15, 0.2) is 17.0 Å². The third-order valence-corrected chi connectivity index (χ3v) is 4.46. The van der Waals surface area contributed by atoms with Crippen LogP contribution in [0.1, 0.15) is 47.7 Å². The Hall–Kier alpha value is -1.43. The number of sulfone groups is 1. The van der Waals surface area contributed by atoms with Gasteiger partial charge in [-0.05, 0) is 30.0 Å². The number of carbonyl (C=O) groups is 1. The molecule has 0 heterocycles. The van der Waals surface area contributed by atoms with Crippen molar-refractivity contribution in [3.63, 3.8) is 0 Å². The van der Waals surface area contributed by atoms with E-state index in [2.05, 4.69) is 4.74 Å². The third-order valence-electron chi connectivity index (χ3n) is 3.28. The van der Waals surface area contributed by atoms with E-state index < -0.39 is 22.5 Å². The minimum atomic E-state index is -3.49. The Morgan fingerprint density at radius 2 is 1.90 bits per heavy atom. The minimum absolute atomic E-state index is 0.0281. The Morgan fingerprint density at radius 1 is 1.24 bits per heavy atom. The van der Waals surface area contributed by atoms with Crippen LogP contribution in [0.3, 0.4) is 0 Å². The summed E-state index contributed by atoms with van der Waals surface area (Å²) in [4.78, 5) is 11.7. The molecule has 21 heavy (non-hydrogen) atoms. The molecule has 0 fully saturated rings. The summed E-state index contributed by atoms with van der Waals surface area (Å²) >= 11 is 0. The van der Waals surface area contributed by atoms with E-state index in [0.29, 0.717) is 12.0 Å². The molecule has 6 heteroatoms. The Morgan fingerprint density at radius 3 is 2.38 bits per heavy atom. The summed E-state index contributed by atoms with van der Waals surface area (Å²) in [6, 6.07) is 2.70. The van der Waals surface area contributed by atoms with Gasteiger partial charge >= 0.3 is 5.97 Å². The molecule has 0 saturated carbocycles. The highest BCUT2D eigenvalue weighted by Gasteiger charge is 2.20. The van der Waals surface area contributed by atoms with E-state index in [0.717, 1.165) is 25.5 Å². The lowest BCUT2D eigenvalue weighted by Gasteiger charge is -2.13. The van der Waals surface area contributed by atoms with Crippen molar-refractivity contribution in [3.05, 3.63) is 28.8 Å². The summed E-state index contributed by atoms with van der Waals surface area (Å²) in [5.41, 5.74) is 0.701. The number of aryl methyl sites for hydroxylation is 1. The SMILES string of the molecule is CCCCCc1cc(CF)c(C(=O)OC)cc1S(C)(=O)=O. The highest BCUT2D eigenvalue weighted by Crippen LogP contribution is 2.25. The maximum atomic E-state index is 13.1. The molecule has 0 amide bonds. The number of alkyl halides is 1. The smallest absolute Gasteiger partial charge is 0.338 e. The van der Waals surface area contributed by atoms with Crippen molar-refractivity contribution in [2.45, 2.75) is 44.2 Å². The highest BCUT2D eigenvalue weighted by atomic mass is 32.2. The number of unbranched alkanes of at least 4 members (excludes halogenated alkanes) is 2. The van der Waals surface area contributed by atoms with Crippen LogP contribution in [0.4, 0.5) is 4.39 Å². The molecule has 0 saturated heterocycles. The molecule has 0 radical (unpaired) electrons. The van der Waals surface area contributed by atoms with E-state index in [1.54, 1.807) is 0 Å². The lowest BCUT2D eigenvalue weighted by molar-refractivity contribution is 0.0598. The van der Waals surface area contributed by atoms with Crippen molar-refractivity contribution < 1.29 is 22.3 Å². The van der Waals surface area contributed by atoms with Gasteiger partial charge in [0.05, 0.1) is 17.6 Å². The van der Waals surface area contributed by atoms with Gasteiger partial charge in [0, 0.05) is 6.26 Å². The number of rotatable bonds is 7.